The lowest BCUT2D eigenvalue weighted by Gasteiger charge is -1.99. The zero-order chi connectivity index (χ0) is 12.7. The van der Waals surface area contributed by atoms with Crippen molar-refractivity contribution in [2.45, 2.75) is 0 Å². The Labute approximate surface area is 106 Å². The first kappa shape index (κ1) is 10.9. The van der Waals surface area contributed by atoms with E-state index in [2.05, 4.69) is 15.2 Å². The maximum Gasteiger partial charge on any atom is 0.419 e. The molecule has 0 aliphatic heterocycles. The van der Waals surface area contributed by atoms with Gasteiger partial charge in [-0.25, -0.2) is 9.78 Å². The molecule has 3 aromatic rings. The van der Waals surface area contributed by atoms with Crippen LogP contribution < -0.4 is 5.76 Å². The Morgan fingerprint density at radius 1 is 1.39 bits per heavy atom. The van der Waals surface area contributed by atoms with Crippen LogP contribution in [0, 0.1) is 0 Å². The van der Waals surface area contributed by atoms with Crippen LogP contribution in [-0.4, -0.2) is 19.7 Å². The number of benzene rings is 1. The molecular weight excluding hydrogens is 256 g/mol. The van der Waals surface area contributed by atoms with Crippen LogP contribution in [0.15, 0.2) is 33.6 Å². The van der Waals surface area contributed by atoms with E-state index in [-0.39, 0.29) is 5.15 Å². The molecule has 0 unspecified atom stereocenters. The molecule has 0 radical (unpaired) electrons. The summed E-state index contributed by atoms with van der Waals surface area (Å²) in [5, 5.41) is 7.85. The Morgan fingerprint density at radius 2 is 2.22 bits per heavy atom. The molecule has 0 aliphatic rings. The molecule has 0 amide bonds. The van der Waals surface area contributed by atoms with E-state index in [0.717, 1.165) is 0 Å². The number of hydrogen-bond acceptors (Lipinski definition) is 5. The molecular formula is C11H7ClN4O2. The van der Waals surface area contributed by atoms with E-state index in [0.29, 0.717) is 22.5 Å². The molecule has 0 aliphatic carbocycles. The Bertz CT molecular complexity index is 793. The van der Waals surface area contributed by atoms with Crippen LogP contribution >= 0.6 is 11.6 Å². The minimum atomic E-state index is -0.410. The van der Waals surface area contributed by atoms with E-state index in [1.54, 1.807) is 25.2 Å². The first-order valence-corrected chi connectivity index (χ1v) is 5.48. The molecule has 0 atom stereocenters. The average molecular weight is 263 g/mol. The van der Waals surface area contributed by atoms with Crippen LogP contribution in [-0.2, 0) is 7.05 Å². The van der Waals surface area contributed by atoms with Crippen molar-refractivity contribution in [1.82, 2.24) is 19.7 Å². The number of hydrogen-bond donors (Lipinski definition) is 0. The highest BCUT2D eigenvalue weighted by Gasteiger charge is 2.09. The molecule has 0 N–H and O–H groups in total. The van der Waals surface area contributed by atoms with Gasteiger partial charge in [-0.2, -0.15) is 5.10 Å². The highest BCUT2D eigenvalue weighted by atomic mass is 35.5. The largest absolute Gasteiger partial charge is 0.419 e. The molecule has 1 aromatic carbocycles. The highest BCUT2D eigenvalue weighted by molar-refractivity contribution is 6.29. The van der Waals surface area contributed by atoms with Gasteiger partial charge in [-0.15, -0.1) is 5.10 Å². The molecule has 3 rings (SSSR count). The first-order valence-electron chi connectivity index (χ1n) is 5.10. The monoisotopic (exact) mass is 262 g/mol. The van der Waals surface area contributed by atoms with Gasteiger partial charge >= 0.3 is 5.76 Å². The van der Waals surface area contributed by atoms with E-state index < -0.39 is 5.76 Å². The minimum absolute atomic E-state index is 0.259. The smallest absolute Gasteiger partial charge is 0.408 e. The predicted octanol–water partition coefficient (Wildman–Crippen LogP) is 1.64. The van der Waals surface area contributed by atoms with Crippen LogP contribution in [0.2, 0.25) is 5.15 Å². The van der Waals surface area contributed by atoms with E-state index in [4.69, 9.17) is 16.0 Å². The zero-order valence-electron chi connectivity index (χ0n) is 9.29. The average Bonchev–Trinajstić information content (AvgIpc) is 2.65. The van der Waals surface area contributed by atoms with Crippen LogP contribution in [0.4, 0.5) is 0 Å². The number of fused-ring (bicyclic) bond motifs is 1. The summed E-state index contributed by atoms with van der Waals surface area (Å²) in [6, 6.07) is 5.23. The molecule has 7 heteroatoms. The Morgan fingerprint density at radius 3 is 3.00 bits per heavy atom. The molecule has 0 bridgehead atoms. The van der Waals surface area contributed by atoms with E-state index >= 15 is 0 Å². The van der Waals surface area contributed by atoms with Crippen LogP contribution in [0.5, 0.6) is 0 Å². The van der Waals surface area contributed by atoms with Gasteiger partial charge in [0.15, 0.2) is 16.6 Å². The Kier molecular flexibility index (Phi) is 2.38. The lowest BCUT2D eigenvalue weighted by atomic mass is 10.2. The van der Waals surface area contributed by atoms with E-state index in [1.165, 1.54) is 10.8 Å². The van der Waals surface area contributed by atoms with Crippen LogP contribution in [0.3, 0.4) is 0 Å². The lowest BCUT2D eigenvalue weighted by molar-refractivity contribution is 0.528. The molecule has 0 spiro atoms. The summed E-state index contributed by atoms with van der Waals surface area (Å²) in [6.07, 6.45) is 1.35. The summed E-state index contributed by atoms with van der Waals surface area (Å²) >= 11 is 5.75. The quantitative estimate of drug-likeness (QED) is 0.666. The van der Waals surface area contributed by atoms with Crippen LogP contribution in [0.1, 0.15) is 0 Å². The molecule has 2 aromatic heterocycles. The summed E-state index contributed by atoms with van der Waals surface area (Å²) in [6.45, 7) is 0. The van der Waals surface area contributed by atoms with Gasteiger partial charge in [-0.3, -0.25) is 4.57 Å². The first-order chi connectivity index (χ1) is 8.65. The van der Waals surface area contributed by atoms with Gasteiger partial charge < -0.3 is 4.42 Å². The van der Waals surface area contributed by atoms with Crippen LogP contribution in [0.25, 0.3) is 22.5 Å². The highest BCUT2D eigenvalue weighted by Crippen LogP contribution is 2.21. The maximum atomic E-state index is 11.4. The molecule has 2 heterocycles. The van der Waals surface area contributed by atoms with E-state index in [9.17, 15) is 4.79 Å². The zero-order valence-corrected chi connectivity index (χ0v) is 10.0. The number of aryl methyl sites for hydroxylation is 1. The van der Waals surface area contributed by atoms with Gasteiger partial charge in [0.05, 0.1) is 11.7 Å². The second kappa shape index (κ2) is 3.92. The van der Waals surface area contributed by atoms with Gasteiger partial charge in [0.2, 0.25) is 0 Å². The molecule has 0 saturated carbocycles. The van der Waals surface area contributed by atoms with Crippen molar-refractivity contribution in [2.75, 3.05) is 0 Å². The normalized spacial score (nSPS) is 11.0. The Balaban J connectivity index is 2.22. The van der Waals surface area contributed by atoms with Crippen molar-refractivity contribution in [3.8, 4) is 11.4 Å². The van der Waals surface area contributed by atoms with Crippen molar-refractivity contribution in [2.24, 2.45) is 7.05 Å². The van der Waals surface area contributed by atoms with E-state index in [1.807, 2.05) is 0 Å². The van der Waals surface area contributed by atoms with Crippen molar-refractivity contribution in [1.29, 1.82) is 0 Å². The molecule has 0 saturated heterocycles. The summed E-state index contributed by atoms with van der Waals surface area (Å²) in [5.41, 5.74) is 1.87. The number of oxazole rings is 1. The van der Waals surface area contributed by atoms with Crippen molar-refractivity contribution >= 4 is 22.7 Å². The fourth-order valence-electron chi connectivity index (χ4n) is 1.68. The summed E-state index contributed by atoms with van der Waals surface area (Å²) in [7, 11) is 1.64. The van der Waals surface area contributed by atoms with Gasteiger partial charge in [-0.05, 0) is 18.2 Å². The number of aromatic nitrogens is 4. The number of nitrogens with zero attached hydrogens (tertiary/aromatic N) is 4. The topological polar surface area (TPSA) is 73.8 Å². The third-order valence-corrected chi connectivity index (χ3v) is 2.76. The fourth-order valence-corrected chi connectivity index (χ4v) is 1.80. The van der Waals surface area contributed by atoms with Gasteiger partial charge in [0.25, 0.3) is 0 Å². The third kappa shape index (κ3) is 1.67. The summed E-state index contributed by atoms with van der Waals surface area (Å²) in [4.78, 5) is 15.4. The minimum Gasteiger partial charge on any atom is -0.408 e. The third-order valence-electron chi connectivity index (χ3n) is 2.58. The predicted molar refractivity (Wildman–Crippen MR) is 65.3 cm³/mol. The molecule has 0 fully saturated rings. The lowest BCUT2D eigenvalue weighted by Crippen LogP contribution is -2.08. The van der Waals surface area contributed by atoms with Gasteiger partial charge in [0, 0.05) is 12.6 Å². The van der Waals surface area contributed by atoms with Crippen molar-refractivity contribution in [3.63, 3.8) is 0 Å². The summed E-state index contributed by atoms with van der Waals surface area (Å²) in [5.74, 6) is -0.0248. The van der Waals surface area contributed by atoms with Gasteiger partial charge in [0.1, 0.15) is 0 Å². The molecule has 6 nitrogen and oxygen atoms in total. The standard InChI is InChI=1S/C11H7ClN4O2/c1-16-7-3-2-6(4-8(7)18-11(16)17)10-14-9(12)5-13-15-10/h2-5H,1H3. The Hall–Kier alpha value is -2.21. The van der Waals surface area contributed by atoms with Crippen molar-refractivity contribution in [3.05, 3.63) is 40.1 Å². The number of halogens is 1. The summed E-state index contributed by atoms with van der Waals surface area (Å²) < 4.78 is 6.52. The number of rotatable bonds is 1. The SMILES string of the molecule is Cn1c(=O)oc2cc(-c3nncc(Cl)n3)ccc21. The van der Waals surface area contributed by atoms with Gasteiger partial charge in [-0.1, -0.05) is 11.6 Å². The van der Waals surface area contributed by atoms with Crippen molar-refractivity contribution < 1.29 is 4.42 Å². The second-order valence-corrected chi connectivity index (χ2v) is 4.10. The second-order valence-electron chi connectivity index (χ2n) is 3.71. The maximum absolute atomic E-state index is 11.4. The molecule has 90 valence electrons. The molecule has 18 heavy (non-hydrogen) atoms. The fraction of sp³-hybridized carbons (Fsp3) is 0.0909.